The second-order valence-corrected chi connectivity index (χ2v) is 7.10. The van der Waals surface area contributed by atoms with Gasteiger partial charge in [-0.2, -0.15) is 0 Å². The van der Waals surface area contributed by atoms with Crippen LogP contribution in [0.5, 0.6) is 0 Å². The minimum absolute atomic E-state index is 0.803. The Hall–Kier alpha value is -0.340. The lowest BCUT2D eigenvalue weighted by molar-refractivity contribution is 0.118. The van der Waals surface area contributed by atoms with Gasteiger partial charge in [-0.05, 0) is 70.8 Å². The zero-order valence-corrected chi connectivity index (χ0v) is 13.2. The van der Waals surface area contributed by atoms with Gasteiger partial charge in [0.05, 0.1) is 0 Å². The van der Waals surface area contributed by atoms with Crippen molar-refractivity contribution >= 4 is 0 Å². The lowest BCUT2D eigenvalue weighted by Crippen LogP contribution is -2.49. The van der Waals surface area contributed by atoms with Crippen LogP contribution in [-0.2, 0) is 0 Å². The molecule has 1 N–H and O–H groups in total. The van der Waals surface area contributed by atoms with Crippen LogP contribution in [0.3, 0.4) is 0 Å². The van der Waals surface area contributed by atoms with Gasteiger partial charge in [-0.25, -0.2) is 0 Å². The fourth-order valence-corrected chi connectivity index (χ4v) is 4.56. The first kappa shape index (κ1) is 14.6. The highest BCUT2D eigenvalue weighted by atomic mass is 15.2. The van der Waals surface area contributed by atoms with Gasteiger partial charge in [-0.1, -0.05) is 18.6 Å². The van der Waals surface area contributed by atoms with Crippen LogP contribution in [0.15, 0.2) is 11.6 Å². The van der Waals surface area contributed by atoms with E-state index in [4.69, 9.17) is 0 Å². The van der Waals surface area contributed by atoms with E-state index in [1.54, 1.807) is 5.57 Å². The highest BCUT2D eigenvalue weighted by Gasteiger charge is 2.39. The maximum Gasteiger partial charge on any atom is 0.0114 e. The van der Waals surface area contributed by atoms with E-state index in [1.165, 1.54) is 77.3 Å². The van der Waals surface area contributed by atoms with Crippen molar-refractivity contribution in [1.29, 1.82) is 0 Å². The number of allylic oxidation sites excluding steroid dienone is 1. The highest BCUT2D eigenvalue weighted by molar-refractivity contribution is 5.06. The molecular formula is C18H32N2. The topological polar surface area (TPSA) is 15.3 Å². The average Bonchev–Trinajstić information content (AvgIpc) is 2.73. The van der Waals surface area contributed by atoms with E-state index in [9.17, 15) is 0 Å². The molecule has 3 aliphatic rings. The number of piperidine rings is 1. The summed E-state index contributed by atoms with van der Waals surface area (Å²) in [5.74, 6) is 0. The third-order valence-corrected chi connectivity index (χ3v) is 5.64. The van der Waals surface area contributed by atoms with Gasteiger partial charge in [0, 0.05) is 24.7 Å². The zero-order chi connectivity index (χ0) is 13.8. The second kappa shape index (κ2) is 7.09. The van der Waals surface area contributed by atoms with Gasteiger partial charge < -0.3 is 5.32 Å². The van der Waals surface area contributed by atoms with Crippen molar-refractivity contribution in [2.24, 2.45) is 0 Å². The molecule has 0 saturated carbocycles. The molecule has 1 aliphatic carbocycles. The van der Waals surface area contributed by atoms with Gasteiger partial charge >= 0.3 is 0 Å². The smallest absolute Gasteiger partial charge is 0.0114 e. The monoisotopic (exact) mass is 276 g/mol. The number of nitrogens with zero attached hydrogens (tertiary/aromatic N) is 1. The Morgan fingerprint density at radius 1 is 1.20 bits per heavy atom. The van der Waals surface area contributed by atoms with Gasteiger partial charge in [0.2, 0.25) is 0 Å². The second-order valence-electron chi connectivity index (χ2n) is 7.10. The van der Waals surface area contributed by atoms with E-state index < -0.39 is 0 Å². The Morgan fingerprint density at radius 2 is 2.00 bits per heavy atom. The summed E-state index contributed by atoms with van der Waals surface area (Å²) in [4.78, 5) is 2.86. The number of hydrogen-bond donors (Lipinski definition) is 1. The molecule has 0 spiro atoms. The summed E-state index contributed by atoms with van der Waals surface area (Å²) < 4.78 is 0. The minimum Gasteiger partial charge on any atom is -0.314 e. The lowest BCUT2D eigenvalue weighted by Gasteiger charge is -2.39. The van der Waals surface area contributed by atoms with Gasteiger partial charge in [-0.15, -0.1) is 0 Å². The molecule has 2 heteroatoms. The first-order valence-electron chi connectivity index (χ1n) is 9.04. The molecule has 2 bridgehead atoms. The van der Waals surface area contributed by atoms with E-state index in [0.29, 0.717) is 0 Å². The maximum absolute atomic E-state index is 3.76. The van der Waals surface area contributed by atoms with Gasteiger partial charge in [0.15, 0.2) is 0 Å². The molecule has 2 nitrogen and oxygen atoms in total. The first-order valence-corrected chi connectivity index (χ1v) is 9.04. The molecule has 0 aromatic carbocycles. The molecule has 0 amide bonds. The highest BCUT2D eigenvalue weighted by Crippen LogP contribution is 2.36. The molecule has 0 aromatic rings. The molecule has 0 radical (unpaired) electrons. The Balaban J connectivity index is 1.48. The molecule has 3 rings (SSSR count). The SMILES string of the molecule is CCCNC1CC2CCC(C1)N2CCC1=CCCCC1. The van der Waals surface area contributed by atoms with Gasteiger partial charge in [-0.3, -0.25) is 4.90 Å². The molecule has 114 valence electrons. The van der Waals surface area contributed by atoms with E-state index in [-0.39, 0.29) is 0 Å². The minimum atomic E-state index is 0.803. The van der Waals surface area contributed by atoms with Crippen LogP contribution in [-0.4, -0.2) is 36.1 Å². The first-order chi connectivity index (χ1) is 9.86. The zero-order valence-electron chi connectivity index (χ0n) is 13.2. The molecule has 2 fully saturated rings. The van der Waals surface area contributed by atoms with E-state index >= 15 is 0 Å². The summed E-state index contributed by atoms with van der Waals surface area (Å²) in [6, 6.07) is 2.57. The summed E-state index contributed by atoms with van der Waals surface area (Å²) in [5, 5.41) is 3.76. The van der Waals surface area contributed by atoms with Gasteiger partial charge in [0.1, 0.15) is 0 Å². The number of hydrogen-bond acceptors (Lipinski definition) is 2. The Bertz CT molecular complexity index is 322. The molecule has 2 atom stereocenters. The van der Waals surface area contributed by atoms with E-state index in [1.807, 2.05) is 0 Å². The van der Waals surface area contributed by atoms with Crippen LogP contribution in [0.2, 0.25) is 0 Å². The molecule has 2 unspecified atom stereocenters. The number of rotatable bonds is 6. The largest absolute Gasteiger partial charge is 0.314 e. The van der Waals surface area contributed by atoms with Crippen LogP contribution in [0, 0.1) is 0 Å². The summed E-state index contributed by atoms with van der Waals surface area (Å²) >= 11 is 0. The molecule has 2 heterocycles. The Morgan fingerprint density at radius 3 is 2.65 bits per heavy atom. The van der Waals surface area contributed by atoms with Crippen molar-refractivity contribution < 1.29 is 0 Å². The predicted octanol–water partition coefficient (Wildman–Crippen LogP) is 3.87. The Kier molecular flexibility index (Phi) is 5.17. The van der Waals surface area contributed by atoms with Crippen LogP contribution in [0.4, 0.5) is 0 Å². The van der Waals surface area contributed by atoms with Crippen LogP contribution >= 0.6 is 0 Å². The van der Waals surface area contributed by atoms with Crippen molar-refractivity contribution in [1.82, 2.24) is 10.2 Å². The third-order valence-electron chi connectivity index (χ3n) is 5.64. The summed E-state index contributed by atoms with van der Waals surface area (Å²) in [7, 11) is 0. The summed E-state index contributed by atoms with van der Waals surface area (Å²) in [6.07, 6.45) is 16.4. The number of fused-ring (bicyclic) bond motifs is 2. The van der Waals surface area contributed by atoms with E-state index in [2.05, 4.69) is 23.2 Å². The number of nitrogens with one attached hydrogen (secondary N) is 1. The fraction of sp³-hybridized carbons (Fsp3) is 0.889. The Labute approximate surface area is 125 Å². The summed E-state index contributed by atoms with van der Waals surface area (Å²) in [5.41, 5.74) is 1.75. The standard InChI is InChI=1S/C18H32N2/c1-2-11-19-16-13-17-8-9-18(14-16)20(17)12-10-15-6-4-3-5-7-15/h6,16-19H,2-5,7-14H2,1H3. The van der Waals surface area contributed by atoms with Crippen molar-refractivity contribution in [3.8, 4) is 0 Å². The third kappa shape index (κ3) is 3.46. The molecule has 2 saturated heterocycles. The van der Waals surface area contributed by atoms with Gasteiger partial charge in [0.25, 0.3) is 0 Å². The van der Waals surface area contributed by atoms with Crippen molar-refractivity contribution in [2.75, 3.05) is 13.1 Å². The van der Waals surface area contributed by atoms with Crippen LogP contribution in [0.1, 0.15) is 71.1 Å². The molecular weight excluding hydrogens is 244 g/mol. The maximum atomic E-state index is 3.76. The molecule has 20 heavy (non-hydrogen) atoms. The fourth-order valence-electron chi connectivity index (χ4n) is 4.56. The lowest BCUT2D eigenvalue weighted by atomic mass is 9.94. The molecule has 2 aliphatic heterocycles. The van der Waals surface area contributed by atoms with Crippen molar-refractivity contribution in [3.63, 3.8) is 0 Å². The predicted molar refractivity (Wildman–Crippen MR) is 86.0 cm³/mol. The van der Waals surface area contributed by atoms with Crippen molar-refractivity contribution in [2.45, 2.75) is 89.3 Å². The van der Waals surface area contributed by atoms with Crippen LogP contribution in [0.25, 0.3) is 0 Å². The van der Waals surface area contributed by atoms with E-state index in [0.717, 1.165) is 18.1 Å². The summed E-state index contributed by atoms with van der Waals surface area (Å²) in [6.45, 7) is 4.81. The normalized spacial score (nSPS) is 34.2. The average molecular weight is 276 g/mol. The molecule has 0 aromatic heterocycles. The van der Waals surface area contributed by atoms with Crippen LogP contribution < -0.4 is 5.32 Å². The quantitative estimate of drug-likeness (QED) is 0.741. The van der Waals surface area contributed by atoms with Crippen molar-refractivity contribution in [3.05, 3.63) is 11.6 Å².